The second kappa shape index (κ2) is 11.9. The van der Waals surface area contributed by atoms with E-state index in [1.165, 1.54) is 9.47 Å². The van der Waals surface area contributed by atoms with Crippen molar-refractivity contribution in [3.63, 3.8) is 0 Å². The molecule has 0 amide bonds. The molecule has 0 spiro atoms. The smallest absolute Gasteiger partial charge is 0.375 e. The third-order valence-electron chi connectivity index (χ3n) is 8.08. The number of fused-ring (bicyclic) bond motifs is 2. The summed E-state index contributed by atoms with van der Waals surface area (Å²) in [5.41, 5.74) is 3.25. The molecule has 0 fully saturated rings. The Morgan fingerprint density at radius 3 is 2.09 bits per heavy atom. The number of rotatable bonds is 11. The summed E-state index contributed by atoms with van der Waals surface area (Å²) in [6, 6.07) is 11.2. The van der Waals surface area contributed by atoms with E-state index in [9.17, 15) is 25.9 Å². The van der Waals surface area contributed by atoms with Gasteiger partial charge in [0.2, 0.25) is 11.5 Å². The van der Waals surface area contributed by atoms with Crippen molar-refractivity contribution >= 4 is 43.1 Å². The predicted molar refractivity (Wildman–Crippen MR) is 167 cm³/mol. The average Bonchev–Trinajstić information content (AvgIpc) is 3.43. The normalized spacial score (nSPS) is 15.7. The van der Waals surface area contributed by atoms with Crippen molar-refractivity contribution in [2.45, 2.75) is 71.1 Å². The van der Waals surface area contributed by atoms with E-state index in [1.807, 2.05) is 24.3 Å². The fourth-order valence-corrected chi connectivity index (χ4v) is 5.82. The predicted octanol–water partition coefficient (Wildman–Crippen LogP) is 6.10. The molecule has 0 saturated heterocycles. The molecule has 0 unspecified atom stereocenters. The van der Waals surface area contributed by atoms with Gasteiger partial charge in [0.25, 0.3) is 21.5 Å². The van der Waals surface area contributed by atoms with Crippen LogP contribution < -0.4 is 14.2 Å². The van der Waals surface area contributed by atoms with Crippen LogP contribution >= 0.6 is 0 Å². The van der Waals surface area contributed by atoms with Gasteiger partial charge in [0.1, 0.15) is 0 Å². The largest absolute Gasteiger partial charge is 0.439 e. The summed E-state index contributed by atoms with van der Waals surface area (Å²) in [5, 5.41) is 0. The van der Waals surface area contributed by atoms with Gasteiger partial charge < -0.3 is 9.15 Å². The van der Waals surface area contributed by atoms with E-state index in [0.717, 1.165) is 24.0 Å². The molecule has 2 aromatic carbocycles. The van der Waals surface area contributed by atoms with Crippen LogP contribution in [0.5, 0.6) is 5.75 Å². The van der Waals surface area contributed by atoms with Crippen molar-refractivity contribution in [1.29, 1.82) is 0 Å². The van der Waals surface area contributed by atoms with Gasteiger partial charge in [0.05, 0.1) is 11.8 Å². The van der Waals surface area contributed by atoms with E-state index >= 15 is 0 Å². The van der Waals surface area contributed by atoms with Crippen LogP contribution in [0.4, 0.5) is 5.69 Å². The van der Waals surface area contributed by atoms with Crippen molar-refractivity contribution in [3.8, 4) is 5.75 Å². The van der Waals surface area contributed by atoms with E-state index in [4.69, 9.17) is 9.15 Å². The zero-order valence-electron chi connectivity index (χ0n) is 25.2. The van der Waals surface area contributed by atoms with Crippen molar-refractivity contribution in [2.24, 2.45) is 0 Å². The van der Waals surface area contributed by atoms with Crippen LogP contribution in [0.25, 0.3) is 17.2 Å². The molecule has 1 aromatic heterocycles. The summed E-state index contributed by atoms with van der Waals surface area (Å²) >= 11 is 0. The Bertz CT molecular complexity index is 1830. The molecule has 0 bridgehead atoms. The third kappa shape index (κ3) is 7.56. The number of ether oxygens (including phenoxy) is 1. The van der Waals surface area contributed by atoms with Crippen molar-refractivity contribution in [2.75, 3.05) is 10.8 Å². The zero-order chi connectivity index (χ0) is 31.8. The average molecular weight is 632 g/mol. The summed E-state index contributed by atoms with van der Waals surface area (Å²) in [6.07, 6.45) is 9.72. The van der Waals surface area contributed by atoms with Crippen LogP contribution in [0.2, 0.25) is 0 Å². The number of nitrogens with zero attached hydrogens (tertiary/aromatic N) is 2. The van der Waals surface area contributed by atoms with Crippen molar-refractivity contribution in [1.82, 2.24) is 0 Å². The topological polar surface area (TPSA) is 138 Å². The molecule has 1 aliphatic heterocycles. The highest BCUT2D eigenvalue weighted by Crippen LogP contribution is 2.42. The molecular formula is C31H39N2O8S2+. The molecule has 1 aliphatic rings. The molecule has 2 heterocycles. The van der Waals surface area contributed by atoms with Gasteiger partial charge in [-0.25, -0.2) is 0 Å². The molecule has 12 heteroatoms. The summed E-state index contributed by atoms with van der Waals surface area (Å²) in [6.45, 7) is 12.5. The molecule has 0 atom stereocenters. The third-order valence-corrected chi connectivity index (χ3v) is 9.24. The number of hydrogen-bond acceptors (Lipinski definition) is 7. The monoisotopic (exact) mass is 631 g/mol. The molecule has 43 heavy (non-hydrogen) atoms. The van der Waals surface area contributed by atoms with E-state index in [1.54, 1.807) is 42.5 Å². The van der Waals surface area contributed by atoms with Crippen molar-refractivity contribution in [3.05, 3.63) is 83.6 Å². The van der Waals surface area contributed by atoms with Gasteiger partial charge in [0, 0.05) is 6.07 Å². The van der Waals surface area contributed by atoms with Crippen molar-refractivity contribution < 1.29 is 39.7 Å². The first-order chi connectivity index (χ1) is 19.9. The molecule has 10 nitrogen and oxygen atoms in total. The highest BCUT2D eigenvalue weighted by atomic mass is 32.2. The van der Waals surface area contributed by atoms with E-state index in [2.05, 4.69) is 41.5 Å². The lowest BCUT2D eigenvalue weighted by atomic mass is 9.82. The minimum atomic E-state index is -4.37. The number of benzene rings is 2. The molecule has 0 saturated carbocycles. The van der Waals surface area contributed by atoms with Gasteiger partial charge in [-0.2, -0.15) is 16.8 Å². The Morgan fingerprint density at radius 2 is 1.49 bits per heavy atom. The number of allylic oxidation sites excluding steroid dienone is 4. The first-order valence-corrected chi connectivity index (χ1v) is 17.2. The van der Waals surface area contributed by atoms with Gasteiger partial charge in [0.15, 0.2) is 11.6 Å². The first kappa shape index (κ1) is 32.5. The highest BCUT2D eigenvalue weighted by molar-refractivity contribution is 7.85. The van der Waals surface area contributed by atoms with Crippen LogP contribution in [-0.4, -0.2) is 31.8 Å². The maximum absolute atomic E-state index is 11.8. The summed E-state index contributed by atoms with van der Waals surface area (Å²) in [7, 11) is -8.75. The van der Waals surface area contributed by atoms with Crippen LogP contribution in [0, 0.1) is 0 Å². The van der Waals surface area contributed by atoms with Gasteiger partial charge in [-0.3, -0.25) is 14.0 Å². The van der Waals surface area contributed by atoms with Crippen LogP contribution in [0.15, 0.2) is 71.0 Å². The number of anilines is 1. The number of aromatic nitrogens is 1. The van der Waals surface area contributed by atoms with E-state index < -0.39 is 32.0 Å². The summed E-state index contributed by atoms with van der Waals surface area (Å²) in [4.78, 5) is 1.39. The molecule has 3 aromatic rings. The van der Waals surface area contributed by atoms with Crippen LogP contribution in [0.3, 0.4) is 0 Å². The minimum Gasteiger partial charge on any atom is -0.439 e. The van der Waals surface area contributed by atoms with Gasteiger partial charge in [-0.15, -0.1) is 4.57 Å². The minimum absolute atomic E-state index is 0.146. The lowest BCUT2D eigenvalue weighted by Gasteiger charge is -2.24. The lowest BCUT2D eigenvalue weighted by molar-refractivity contribution is -0.658. The quantitative estimate of drug-likeness (QED) is 0.146. The Hall–Kier alpha value is -3.45. The molecule has 0 radical (unpaired) electrons. The second-order valence-electron chi connectivity index (χ2n) is 11.9. The highest BCUT2D eigenvalue weighted by Gasteiger charge is 2.32. The van der Waals surface area contributed by atoms with Crippen LogP contribution in [0.1, 0.15) is 71.4 Å². The molecule has 0 aliphatic carbocycles. The molecular weight excluding hydrogens is 592 g/mol. The van der Waals surface area contributed by atoms with Crippen LogP contribution in [-0.2, 0) is 36.9 Å². The number of hydrogen-bond donors (Lipinski definition) is 2. The molecule has 2 N–H and O–H groups in total. The maximum atomic E-state index is 11.8. The lowest BCUT2D eigenvalue weighted by Crippen LogP contribution is -2.39. The first-order valence-electron chi connectivity index (χ1n) is 14.0. The Morgan fingerprint density at radius 1 is 0.860 bits per heavy atom. The fourth-order valence-electron chi connectivity index (χ4n) is 4.63. The second-order valence-corrected chi connectivity index (χ2v) is 14.8. The number of oxazole rings is 1. The molecule has 232 valence electrons. The summed E-state index contributed by atoms with van der Waals surface area (Å²) < 4.78 is 79.8. The van der Waals surface area contributed by atoms with E-state index in [0.29, 0.717) is 22.5 Å². The SMILES string of the molecule is CCC(C)(C)c1ccc2c(c1)N(CS(=O)(=O)O)C(=CC=CC=Cc1oc3ccc(C(C)(C)CC)cc3[n+]1CS(=O)(=O)O)O2. The Labute approximate surface area is 253 Å². The Kier molecular flexibility index (Phi) is 8.99. The van der Waals surface area contributed by atoms with Gasteiger partial charge >= 0.3 is 16.0 Å². The van der Waals surface area contributed by atoms with Gasteiger partial charge in [-0.05, 0) is 59.1 Å². The summed E-state index contributed by atoms with van der Waals surface area (Å²) in [5.74, 6) is -0.484. The van der Waals surface area contributed by atoms with E-state index in [-0.39, 0.29) is 22.6 Å². The zero-order valence-corrected chi connectivity index (χ0v) is 26.9. The van der Waals surface area contributed by atoms with Gasteiger partial charge in [-0.1, -0.05) is 71.9 Å². The Balaban J connectivity index is 1.65. The standard InChI is InChI=1S/C31H38N2O8S2/c1-7-30(3,4)22-14-16-26-24(18-22)32(20-42(34,35)36)28(40-26)12-10-9-11-13-29-33(21-43(37,38)39)25-19-23(31(5,6)8-2)15-17-27(25)41-29/h9-19H,7-8,20-21H2,1-6H3,(H-,34,35,36,37,38,39)/p+1. The molecule has 4 rings (SSSR count). The fraction of sp³-hybridized carbons (Fsp3) is 0.387. The maximum Gasteiger partial charge on any atom is 0.375 e.